The molecule has 5 rings (SSSR count). The highest BCUT2D eigenvalue weighted by Crippen LogP contribution is 2.42. The van der Waals surface area contributed by atoms with Gasteiger partial charge in [-0.1, -0.05) is 66.2 Å². The molecule has 0 saturated heterocycles. The monoisotopic (exact) mass is 389 g/mol. The molecule has 0 unspecified atom stereocenters. The molecule has 1 aliphatic heterocycles. The van der Waals surface area contributed by atoms with E-state index in [-0.39, 0.29) is 18.1 Å². The van der Waals surface area contributed by atoms with Crippen molar-refractivity contribution in [2.45, 2.75) is 12.3 Å². The van der Waals surface area contributed by atoms with Crippen LogP contribution in [0.15, 0.2) is 84.9 Å². The Balaban J connectivity index is 1.67. The van der Waals surface area contributed by atoms with Crippen LogP contribution in [0.3, 0.4) is 0 Å². The number of benzene rings is 4. The lowest BCUT2D eigenvalue weighted by molar-refractivity contribution is 0.134. The molecule has 0 saturated carbocycles. The molecule has 4 aromatic rings. The van der Waals surface area contributed by atoms with Gasteiger partial charge in [0.2, 0.25) is 0 Å². The minimum atomic E-state index is -0.332. The third-order valence-electron chi connectivity index (χ3n) is 5.16. The first kappa shape index (κ1) is 17.2. The summed E-state index contributed by atoms with van der Waals surface area (Å²) in [6.07, 6.45) is -0.332. The summed E-state index contributed by atoms with van der Waals surface area (Å²) in [6, 6.07) is 26.4. The molecule has 138 valence electrons. The molecule has 1 N–H and O–H groups in total. The molecule has 0 aromatic heterocycles. The fraction of sp³-hybridized carbons (Fsp3) is 0.0833. The number of halogens is 2. The third-order valence-corrected chi connectivity index (χ3v) is 5.41. The quantitative estimate of drug-likeness (QED) is 0.428. The molecule has 0 aliphatic carbocycles. The maximum absolute atomic E-state index is 13.5. The van der Waals surface area contributed by atoms with E-state index in [0.717, 1.165) is 33.2 Å². The van der Waals surface area contributed by atoms with Gasteiger partial charge in [-0.25, -0.2) is 4.39 Å². The number of rotatable bonds is 2. The van der Waals surface area contributed by atoms with E-state index in [9.17, 15) is 4.39 Å². The summed E-state index contributed by atoms with van der Waals surface area (Å²) in [5, 5.41) is 6.53. The zero-order chi connectivity index (χ0) is 19.1. The van der Waals surface area contributed by atoms with Crippen molar-refractivity contribution in [3.05, 3.63) is 112 Å². The van der Waals surface area contributed by atoms with Crippen molar-refractivity contribution in [2.24, 2.45) is 0 Å². The van der Waals surface area contributed by atoms with Crippen LogP contribution >= 0.6 is 11.6 Å². The van der Waals surface area contributed by atoms with Gasteiger partial charge in [-0.3, -0.25) is 5.32 Å². The van der Waals surface area contributed by atoms with Crippen molar-refractivity contribution in [1.82, 2.24) is 5.32 Å². The van der Waals surface area contributed by atoms with Crippen molar-refractivity contribution in [1.29, 1.82) is 0 Å². The van der Waals surface area contributed by atoms with Gasteiger partial charge in [0.1, 0.15) is 11.6 Å². The first-order chi connectivity index (χ1) is 13.7. The average molecular weight is 390 g/mol. The molecule has 4 heteroatoms. The van der Waals surface area contributed by atoms with Gasteiger partial charge in [0.05, 0.1) is 6.04 Å². The van der Waals surface area contributed by atoms with E-state index in [0.29, 0.717) is 5.02 Å². The van der Waals surface area contributed by atoms with E-state index in [4.69, 9.17) is 16.3 Å². The predicted octanol–water partition coefficient (Wildman–Crippen LogP) is 6.40. The first-order valence-electron chi connectivity index (χ1n) is 9.14. The Labute approximate surface area is 167 Å². The Kier molecular flexibility index (Phi) is 4.27. The second kappa shape index (κ2) is 6.93. The summed E-state index contributed by atoms with van der Waals surface area (Å²) in [4.78, 5) is 0. The SMILES string of the molecule is Fc1ccc([C@@H]2N[C@@H](c3ccc(Cl)cc3)Oc3ccc4ccccc4c32)cc1. The van der Waals surface area contributed by atoms with E-state index in [2.05, 4.69) is 23.5 Å². The Morgan fingerprint density at radius 1 is 0.786 bits per heavy atom. The summed E-state index contributed by atoms with van der Waals surface area (Å²) in [7, 11) is 0. The molecule has 1 heterocycles. The number of hydrogen-bond acceptors (Lipinski definition) is 2. The van der Waals surface area contributed by atoms with E-state index in [1.54, 1.807) is 0 Å². The van der Waals surface area contributed by atoms with Crippen LogP contribution in [0, 0.1) is 5.82 Å². The maximum Gasteiger partial charge on any atom is 0.177 e. The van der Waals surface area contributed by atoms with Crippen LogP contribution in [-0.2, 0) is 0 Å². The molecule has 0 amide bonds. The molecular weight excluding hydrogens is 373 g/mol. The normalized spacial score (nSPS) is 18.5. The molecule has 4 aromatic carbocycles. The smallest absolute Gasteiger partial charge is 0.177 e. The van der Waals surface area contributed by atoms with Crippen molar-refractivity contribution in [2.75, 3.05) is 0 Å². The van der Waals surface area contributed by atoms with Crippen LogP contribution in [0.5, 0.6) is 5.75 Å². The largest absolute Gasteiger partial charge is 0.471 e. The highest BCUT2D eigenvalue weighted by molar-refractivity contribution is 6.30. The average Bonchev–Trinajstić information content (AvgIpc) is 2.74. The lowest BCUT2D eigenvalue weighted by atomic mass is 9.91. The van der Waals surface area contributed by atoms with E-state index in [1.165, 1.54) is 12.1 Å². The van der Waals surface area contributed by atoms with Gasteiger partial charge in [0, 0.05) is 16.1 Å². The molecule has 2 nitrogen and oxygen atoms in total. The van der Waals surface area contributed by atoms with Crippen LogP contribution in [0.4, 0.5) is 4.39 Å². The maximum atomic E-state index is 13.5. The second-order valence-corrected chi connectivity index (χ2v) is 7.34. The first-order valence-corrected chi connectivity index (χ1v) is 9.52. The van der Waals surface area contributed by atoms with E-state index >= 15 is 0 Å². The lowest BCUT2D eigenvalue weighted by Gasteiger charge is -2.35. The number of ether oxygens (including phenoxy) is 1. The fourth-order valence-electron chi connectivity index (χ4n) is 3.79. The van der Waals surface area contributed by atoms with Crippen molar-refractivity contribution in [3.8, 4) is 5.75 Å². The van der Waals surface area contributed by atoms with Crippen LogP contribution in [0.25, 0.3) is 10.8 Å². The zero-order valence-electron chi connectivity index (χ0n) is 14.9. The van der Waals surface area contributed by atoms with Crippen LogP contribution in [-0.4, -0.2) is 0 Å². The molecular formula is C24H17ClFNO. The van der Waals surface area contributed by atoms with Gasteiger partial charge in [-0.05, 0) is 46.7 Å². The second-order valence-electron chi connectivity index (χ2n) is 6.90. The van der Waals surface area contributed by atoms with Crippen molar-refractivity contribution in [3.63, 3.8) is 0 Å². The van der Waals surface area contributed by atoms with Gasteiger partial charge < -0.3 is 4.74 Å². The summed E-state index contributed by atoms with van der Waals surface area (Å²) < 4.78 is 19.8. The Morgan fingerprint density at radius 2 is 1.50 bits per heavy atom. The molecule has 0 fully saturated rings. The molecule has 1 aliphatic rings. The highest BCUT2D eigenvalue weighted by Gasteiger charge is 2.31. The molecule has 0 radical (unpaired) electrons. The zero-order valence-corrected chi connectivity index (χ0v) is 15.7. The Hall–Kier alpha value is -2.88. The fourth-order valence-corrected chi connectivity index (χ4v) is 3.92. The lowest BCUT2D eigenvalue weighted by Crippen LogP contribution is -2.35. The number of fused-ring (bicyclic) bond motifs is 3. The van der Waals surface area contributed by atoms with Crippen LogP contribution in [0.1, 0.15) is 29.0 Å². The topological polar surface area (TPSA) is 21.3 Å². The van der Waals surface area contributed by atoms with E-state index < -0.39 is 0 Å². The van der Waals surface area contributed by atoms with Gasteiger partial charge >= 0.3 is 0 Å². The van der Waals surface area contributed by atoms with Gasteiger partial charge in [0.15, 0.2) is 6.23 Å². The predicted molar refractivity (Wildman–Crippen MR) is 110 cm³/mol. The number of nitrogens with one attached hydrogen (secondary N) is 1. The summed E-state index contributed by atoms with van der Waals surface area (Å²) in [5.74, 6) is 0.579. The van der Waals surface area contributed by atoms with Crippen LogP contribution in [0.2, 0.25) is 5.02 Å². The van der Waals surface area contributed by atoms with Crippen molar-refractivity contribution >= 4 is 22.4 Å². The standard InChI is InChI=1S/C24H17ClFNO/c25-18-10-5-17(6-11-18)24-27-23(16-7-12-19(26)13-8-16)22-20-4-2-1-3-15(20)9-14-21(22)28-24/h1-14,23-24,27H/t23-,24+/m0/s1. The van der Waals surface area contributed by atoms with Crippen molar-refractivity contribution < 1.29 is 9.13 Å². The summed E-state index contributed by atoms with van der Waals surface area (Å²) >= 11 is 6.04. The van der Waals surface area contributed by atoms with Gasteiger partial charge in [0.25, 0.3) is 0 Å². The number of hydrogen-bond donors (Lipinski definition) is 1. The molecule has 28 heavy (non-hydrogen) atoms. The Bertz CT molecular complexity index is 1140. The molecule has 2 atom stereocenters. The minimum absolute atomic E-state index is 0.129. The minimum Gasteiger partial charge on any atom is -0.471 e. The highest BCUT2D eigenvalue weighted by atomic mass is 35.5. The summed E-state index contributed by atoms with van der Waals surface area (Å²) in [6.45, 7) is 0. The third kappa shape index (κ3) is 3.03. The van der Waals surface area contributed by atoms with Gasteiger partial charge in [-0.15, -0.1) is 0 Å². The molecule has 0 spiro atoms. The summed E-state index contributed by atoms with van der Waals surface area (Å²) in [5.41, 5.74) is 3.03. The van der Waals surface area contributed by atoms with Gasteiger partial charge in [-0.2, -0.15) is 0 Å². The Morgan fingerprint density at radius 3 is 2.29 bits per heavy atom. The molecule has 0 bridgehead atoms. The van der Waals surface area contributed by atoms with Crippen LogP contribution < -0.4 is 10.1 Å². The van der Waals surface area contributed by atoms with E-state index in [1.807, 2.05) is 54.6 Å².